The smallest absolute Gasteiger partial charge is 0.274 e. The number of benzene rings is 2. The second kappa shape index (κ2) is 14.9. The average molecular weight is 713 g/mol. The van der Waals surface area contributed by atoms with E-state index in [4.69, 9.17) is 15.6 Å². The zero-order chi connectivity index (χ0) is 36.4. The summed E-state index contributed by atoms with van der Waals surface area (Å²) in [7, 11) is 1.55. The number of hydrogen-bond acceptors (Lipinski definition) is 11. The molecule has 272 valence electrons. The van der Waals surface area contributed by atoms with Crippen molar-refractivity contribution in [1.29, 1.82) is 0 Å². The molecular formula is C36H41FN10O5. The van der Waals surface area contributed by atoms with Gasteiger partial charge in [0.15, 0.2) is 0 Å². The number of carbonyl (C=O) groups excluding carboxylic acids is 4. The Labute approximate surface area is 299 Å². The van der Waals surface area contributed by atoms with Crippen LogP contribution in [-0.4, -0.2) is 94.2 Å². The minimum Gasteiger partial charge on any atom is -0.494 e. The fourth-order valence-corrected chi connectivity index (χ4v) is 7.27. The van der Waals surface area contributed by atoms with Gasteiger partial charge in [-0.05, 0) is 68.4 Å². The Balaban J connectivity index is 0.890. The molecule has 3 aliphatic heterocycles. The Morgan fingerprint density at radius 1 is 1.02 bits per heavy atom. The second-order valence-electron chi connectivity index (χ2n) is 13.6. The van der Waals surface area contributed by atoms with Gasteiger partial charge in [0.05, 0.1) is 29.9 Å². The van der Waals surface area contributed by atoms with Crippen molar-refractivity contribution >= 4 is 51.9 Å². The van der Waals surface area contributed by atoms with Crippen LogP contribution in [0.3, 0.4) is 0 Å². The number of fused-ring (bicyclic) bond motifs is 1. The van der Waals surface area contributed by atoms with Crippen LogP contribution in [0.1, 0.15) is 65.4 Å². The maximum atomic E-state index is 15.1. The van der Waals surface area contributed by atoms with E-state index in [-0.39, 0.29) is 42.0 Å². The number of hydrogen-bond donors (Lipinski definition) is 4. The first-order valence-electron chi connectivity index (χ1n) is 17.5. The number of imide groups is 1. The van der Waals surface area contributed by atoms with Crippen molar-refractivity contribution in [3.8, 4) is 5.75 Å². The third-order valence-corrected chi connectivity index (χ3v) is 10.2. The highest BCUT2D eigenvalue weighted by molar-refractivity contribution is 6.05. The van der Waals surface area contributed by atoms with Gasteiger partial charge >= 0.3 is 0 Å². The molecule has 1 atom stereocenters. The van der Waals surface area contributed by atoms with Gasteiger partial charge in [-0.1, -0.05) is 0 Å². The van der Waals surface area contributed by atoms with Gasteiger partial charge in [-0.3, -0.25) is 29.2 Å². The highest BCUT2D eigenvalue weighted by Gasteiger charge is 2.30. The minimum absolute atomic E-state index is 0.0183. The van der Waals surface area contributed by atoms with Crippen LogP contribution in [0.2, 0.25) is 0 Å². The number of halogens is 1. The number of amides is 4. The van der Waals surface area contributed by atoms with Crippen LogP contribution in [0, 0.1) is 11.7 Å². The van der Waals surface area contributed by atoms with Crippen LogP contribution in [0.5, 0.6) is 5.75 Å². The van der Waals surface area contributed by atoms with Crippen molar-refractivity contribution in [2.24, 2.45) is 5.92 Å². The lowest BCUT2D eigenvalue weighted by Gasteiger charge is -2.38. The molecule has 3 saturated heterocycles. The van der Waals surface area contributed by atoms with E-state index in [1.54, 1.807) is 13.2 Å². The molecule has 52 heavy (non-hydrogen) atoms. The summed E-state index contributed by atoms with van der Waals surface area (Å²) >= 11 is 0. The van der Waals surface area contributed by atoms with Crippen LogP contribution < -0.4 is 31.3 Å². The first kappa shape index (κ1) is 34.8. The van der Waals surface area contributed by atoms with Crippen LogP contribution in [-0.2, 0) is 9.59 Å². The monoisotopic (exact) mass is 712 g/mol. The van der Waals surface area contributed by atoms with E-state index in [1.165, 1.54) is 24.4 Å². The molecule has 5 heterocycles. The largest absolute Gasteiger partial charge is 0.494 e. The number of ether oxygens (including phenoxy) is 1. The molecule has 0 radical (unpaired) electrons. The molecule has 3 fully saturated rings. The van der Waals surface area contributed by atoms with E-state index in [0.717, 1.165) is 75.0 Å². The number of methoxy groups -OCH3 is 1. The van der Waals surface area contributed by atoms with Gasteiger partial charge in [-0.2, -0.15) is 5.10 Å². The molecule has 0 spiro atoms. The summed E-state index contributed by atoms with van der Waals surface area (Å²) in [5.74, 6) is -1.66. The zero-order valence-corrected chi connectivity index (χ0v) is 28.8. The summed E-state index contributed by atoms with van der Waals surface area (Å²) in [4.78, 5) is 61.3. The number of aromatic nitrogens is 4. The van der Waals surface area contributed by atoms with Crippen LogP contribution in [0.15, 0.2) is 48.8 Å². The van der Waals surface area contributed by atoms with Crippen LogP contribution >= 0.6 is 0 Å². The lowest BCUT2D eigenvalue weighted by molar-refractivity contribution is -0.134. The summed E-state index contributed by atoms with van der Waals surface area (Å²) in [6.07, 6.45) is 7.66. The van der Waals surface area contributed by atoms with E-state index in [1.807, 2.05) is 23.0 Å². The molecule has 3 aliphatic rings. The fraction of sp³-hybridized carbons (Fsp3) is 0.417. The Hall–Kier alpha value is -5.64. The van der Waals surface area contributed by atoms with Crippen molar-refractivity contribution in [1.82, 2.24) is 35.3 Å². The second-order valence-corrected chi connectivity index (χ2v) is 13.6. The summed E-state index contributed by atoms with van der Waals surface area (Å²) in [5.41, 5.74) is 7.67. The normalized spacial score (nSPS) is 19.0. The summed E-state index contributed by atoms with van der Waals surface area (Å²) in [6.45, 7) is 4.51. The van der Waals surface area contributed by atoms with Crippen molar-refractivity contribution < 1.29 is 28.3 Å². The lowest BCUT2D eigenvalue weighted by Crippen LogP contribution is -2.52. The molecule has 0 bridgehead atoms. The molecule has 4 amide bonds. The Morgan fingerprint density at radius 2 is 1.81 bits per heavy atom. The number of likely N-dealkylation sites (tertiary alicyclic amines) is 1. The van der Waals surface area contributed by atoms with Crippen LogP contribution in [0.25, 0.3) is 10.9 Å². The van der Waals surface area contributed by atoms with Crippen molar-refractivity contribution in [2.75, 3.05) is 55.8 Å². The molecule has 7 rings (SSSR count). The van der Waals surface area contributed by atoms with Crippen molar-refractivity contribution in [3.63, 3.8) is 0 Å². The molecule has 15 nitrogen and oxygen atoms in total. The number of carbonyl (C=O) groups is 4. The summed E-state index contributed by atoms with van der Waals surface area (Å²) in [5, 5.41) is 13.3. The quantitative estimate of drug-likeness (QED) is 0.187. The standard InChI is InChI=1S/C36H41FN10O5/c1-52-31-18-29-22(16-30(31)41-34(50)28-6-11-39-36(38)42-28)20-47(44-29)23-9-12-45(13-10-23)19-21-7-14-46(15-8-21)24-2-3-25(26(37)17-24)33(49)40-27-4-5-32(48)43-35(27)51/h2-3,6,11,16-18,20-21,23,27H,4-5,7-10,12-15,19H2,1H3,(H,40,49)(H,41,50)(H2,38,39,42)(H,43,48,51)/t27-/m0/s1. The maximum absolute atomic E-state index is 15.1. The fourth-order valence-electron chi connectivity index (χ4n) is 7.27. The van der Waals surface area contributed by atoms with Crippen molar-refractivity contribution in [2.45, 2.75) is 50.6 Å². The number of anilines is 3. The van der Waals surface area contributed by atoms with E-state index in [0.29, 0.717) is 17.4 Å². The van der Waals surface area contributed by atoms with Crippen molar-refractivity contribution in [3.05, 3.63) is 65.9 Å². The Kier molecular flexibility index (Phi) is 9.98. The van der Waals surface area contributed by atoms with E-state index in [9.17, 15) is 19.2 Å². The molecule has 0 saturated carbocycles. The number of piperidine rings is 3. The van der Waals surface area contributed by atoms with Gasteiger partial charge in [-0.25, -0.2) is 14.4 Å². The molecule has 0 aliphatic carbocycles. The SMILES string of the molecule is COc1cc2nn(C3CCN(CC4CCN(c5ccc(C(=O)N[C@H]6CCC(=O)NC6=O)c(F)c5)CC4)CC3)cc2cc1NC(=O)c1ccnc(N)n1. The lowest BCUT2D eigenvalue weighted by atomic mass is 9.94. The number of nitrogens with one attached hydrogen (secondary N) is 3. The van der Waals surface area contributed by atoms with Crippen LogP contribution in [0.4, 0.5) is 21.7 Å². The number of nitrogen functional groups attached to an aromatic ring is 1. The van der Waals surface area contributed by atoms with E-state index >= 15 is 4.39 Å². The molecule has 4 aromatic rings. The van der Waals surface area contributed by atoms with E-state index < -0.39 is 29.6 Å². The Bertz CT molecular complexity index is 2000. The molecular weight excluding hydrogens is 671 g/mol. The van der Waals surface area contributed by atoms with Gasteiger partial charge in [0.1, 0.15) is 23.3 Å². The van der Waals surface area contributed by atoms with Gasteiger partial charge in [0.2, 0.25) is 17.8 Å². The third-order valence-electron chi connectivity index (χ3n) is 10.2. The molecule has 2 aromatic carbocycles. The molecule has 2 aromatic heterocycles. The number of nitrogens with zero attached hydrogens (tertiary/aromatic N) is 6. The number of rotatable bonds is 9. The minimum atomic E-state index is -0.862. The predicted octanol–water partition coefficient (Wildman–Crippen LogP) is 2.90. The van der Waals surface area contributed by atoms with Gasteiger partial charge in [0.25, 0.3) is 11.8 Å². The maximum Gasteiger partial charge on any atom is 0.274 e. The average Bonchev–Trinajstić information content (AvgIpc) is 3.56. The highest BCUT2D eigenvalue weighted by Crippen LogP contribution is 2.33. The highest BCUT2D eigenvalue weighted by atomic mass is 19.1. The zero-order valence-electron chi connectivity index (χ0n) is 28.8. The van der Waals surface area contributed by atoms with E-state index in [2.05, 4.69) is 35.7 Å². The molecule has 5 N–H and O–H groups in total. The summed E-state index contributed by atoms with van der Waals surface area (Å²) < 4.78 is 22.6. The first-order valence-corrected chi connectivity index (χ1v) is 17.5. The van der Waals surface area contributed by atoms with Gasteiger partial charge in [0, 0.05) is 68.7 Å². The molecule has 16 heteroatoms. The predicted molar refractivity (Wildman–Crippen MR) is 190 cm³/mol. The number of nitrogens with two attached hydrogens (primary N) is 1. The Morgan fingerprint density at radius 3 is 2.52 bits per heavy atom. The molecule has 0 unspecified atom stereocenters. The first-order chi connectivity index (χ1) is 25.1. The topological polar surface area (TPSA) is 190 Å². The summed E-state index contributed by atoms with van der Waals surface area (Å²) in [6, 6.07) is 9.14. The van der Waals surface area contributed by atoms with Gasteiger partial charge < -0.3 is 30.9 Å². The van der Waals surface area contributed by atoms with Gasteiger partial charge in [-0.15, -0.1) is 0 Å². The third kappa shape index (κ3) is 7.66.